The van der Waals surface area contributed by atoms with E-state index in [2.05, 4.69) is 117 Å². The lowest BCUT2D eigenvalue weighted by Crippen LogP contribution is -2.55. The van der Waals surface area contributed by atoms with Crippen molar-refractivity contribution in [2.24, 2.45) is 47.3 Å². The van der Waals surface area contributed by atoms with Gasteiger partial charge in [0.1, 0.15) is 0 Å². The Balaban J connectivity index is 0.000000124. The van der Waals surface area contributed by atoms with E-state index in [1.807, 2.05) is 6.07 Å². The van der Waals surface area contributed by atoms with Crippen molar-refractivity contribution in [3.05, 3.63) is 117 Å². The van der Waals surface area contributed by atoms with Crippen LogP contribution in [-0.4, -0.2) is 16.2 Å². The lowest BCUT2D eigenvalue weighted by Gasteiger charge is -2.61. The zero-order chi connectivity index (χ0) is 35.1. The molecule has 8 fully saturated rings. The average molecular weight is 809 g/mol. The van der Waals surface area contributed by atoms with Gasteiger partial charge in [0, 0.05) is 26.8 Å². The molecule has 0 amide bonds. The van der Waals surface area contributed by atoms with Gasteiger partial charge in [0.05, 0.1) is 5.60 Å². The third kappa shape index (κ3) is 5.37. The summed E-state index contributed by atoms with van der Waals surface area (Å²) in [5.74, 6) is 5.56. The summed E-state index contributed by atoms with van der Waals surface area (Å²) in [6, 6.07) is 33.2. The first-order chi connectivity index (χ1) is 24.7. The average Bonchev–Trinajstić information content (AvgIpc) is 3.41. The van der Waals surface area contributed by atoms with Crippen LogP contribution in [0.3, 0.4) is 0 Å². The number of carboxylic acid groups (broad SMARTS) is 1. The van der Waals surface area contributed by atoms with Crippen LogP contribution in [0.2, 0.25) is 0 Å². The van der Waals surface area contributed by atoms with E-state index in [4.69, 9.17) is 9.90 Å². The minimum Gasteiger partial charge on any atom is -0.481 e. The lowest BCUT2D eigenvalue weighted by molar-refractivity contribution is -0.179. The molecule has 0 saturated heterocycles. The molecule has 4 aromatic rings. The predicted octanol–water partition coefficient (Wildman–Crippen LogP) is 12.0. The number of aliphatic hydroxyl groups is 1. The molecule has 4 aromatic carbocycles. The van der Waals surface area contributed by atoms with Crippen molar-refractivity contribution in [2.75, 3.05) is 0 Å². The highest BCUT2D eigenvalue weighted by Crippen LogP contribution is 2.70. The fraction of sp³-hybridized carbons (Fsp3) is 0.457. The summed E-state index contributed by atoms with van der Waals surface area (Å²) in [5.41, 5.74) is 9.51. The SMILES string of the molecule is Brc1cccc2c1-c1ccccc1C21C2CC3CC(C2)CC1C3.CC(=O)O.OC1(c2ccccc2-c2ccccc2Br)C2CC3CC(C2)CC1C3. The molecule has 9 aliphatic carbocycles. The third-order valence-corrected chi connectivity index (χ3v) is 15.8. The molecule has 2 N–H and O–H groups in total. The molecular weight excluding hydrogens is 760 g/mol. The first-order valence-electron chi connectivity index (χ1n) is 19.3. The van der Waals surface area contributed by atoms with Gasteiger partial charge in [-0.05, 0) is 157 Å². The third-order valence-electron chi connectivity index (χ3n) is 14.4. The van der Waals surface area contributed by atoms with Crippen LogP contribution in [0.5, 0.6) is 0 Å². The number of hydrogen-bond acceptors (Lipinski definition) is 2. The summed E-state index contributed by atoms with van der Waals surface area (Å²) in [6.07, 6.45) is 13.7. The van der Waals surface area contributed by atoms with E-state index in [0.717, 1.165) is 52.5 Å². The van der Waals surface area contributed by atoms with Crippen LogP contribution in [-0.2, 0) is 15.8 Å². The second kappa shape index (κ2) is 13.0. The Labute approximate surface area is 319 Å². The molecule has 9 aliphatic rings. The largest absolute Gasteiger partial charge is 0.481 e. The summed E-state index contributed by atoms with van der Waals surface area (Å²) in [7, 11) is 0. The zero-order valence-corrected chi connectivity index (χ0v) is 32.6. The van der Waals surface area contributed by atoms with Gasteiger partial charge in [-0.2, -0.15) is 0 Å². The number of carboxylic acids is 1. The van der Waals surface area contributed by atoms with Crippen molar-refractivity contribution in [3.8, 4) is 22.3 Å². The Kier molecular flexibility index (Phi) is 8.68. The molecule has 0 radical (unpaired) electrons. The van der Waals surface area contributed by atoms with Gasteiger partial charge in [0.15, 0.2) is 0 Å². The van der Waals surface area contributed by atoms with Crippen molar-refractivity contribution in [1.82, 2.24) is 0 Å². The molecule has 3 nitrogen and oxygen atoms in total. The van der Waals surface area contributed by atoms with Crippen LogP contribution in [0.1, 0.15) is 87.8 Å². The molecule has 0 atom stereocenters. The molecule has 0 unspecified atom stereocenters. The number of carbonyl (C=O) groups is 1. The summed E-state index contributed by atoms with van der Waals surface area (Å²) >= 11 is 7.57. The van der Waals surface area contributed by atoms with E-state index in [1.54, 1.807) is 11.1 Å². The Morgan fingerprint density at radius 2 is 0.941 bits per heavy atom. The van der Waals surface area contributed by atoms with Crippen LogP contribution in [0.25, 0.3) is 22.3 Å². The number of hydrogen-bond donors (Lipinski definition) is 2. The highest BCUT2D eigenvalue weighted by molar-refractivity contribution is 9.11. The fourth-order valence-electron chi connectivity index (χ4n) is 13.2. The highest BCUT2D eigenvalue weighted by atomic mass is 79.9. The quantitative estimate of drug-likeness (QED) is 0.212. The maximum atomic E-state index is 12.0. The lowest BCUT2D eigenvalue weighted by atomic mass is 9.43. The number of fused-ring (bicyclic) bond motifs is 3. The van der Waals surface area contributed by atoms with Gasteiger partial charge in [-0.15, -0.1) is 0 Å². The Morgan fingerprint density at radius 1 is 0.529 bits per heavy atom. The smallest absolute Gasteiger partial charge is 0.300 e. The molecule has 0 aromatic heterocycles. The van der Waals surface area contributed by atoms with E-state index >= 15 is 0 Å². The van der Waals surface area contributed by atoms with E-state index in [0.29, 0.717) is 17.3 Å². The monoisotopic (exact) mass is 806 g/mol. The van der Waals surface area contributed by atoms with Crippen LogP contribution in [0.15, 0.2) is 99.9 Å². The summed E-state index contributed by atoms with van der Waals surface area (Å²) in [4.78, 5) is 9.00. The van der Waals surface area contributed by atoms with Gasteiger partial charge in [0.2, 0.25) is 0 Å². The van der Waals surface area contributed by atoms with E-state index in [9.17, 15) is 5.11 Å². The van der Waals surface area contributed by atoms with Gasteiger partial charge in [-0.1, -0.05) is 111 Å². The predicted molar refractivity (Wildman–Crippen MR) is 211 cm³/mol. The molecule has 13 rings (SSSR count). The summed E-state index contributed by atoms with van der Waals surface area (Å²) < 4.78 is 2.39. The van der Waals surface area contributed by atoms with Crippen molar-refractivity contribution in [3.63, 3.8) is 0 Å². The molecular formula is C46H48Br2O3. The fourth-order valence-corrected chi connectivity index (χ4v) is 14.3. The van der Waals surface area contributed by atoms with Crippen LogP contribution < -0.4 is 0 Å². The van der Waals surface area contributed by atoms with Crippen LogP contribution in [0.4, 0.5) is 0 Å². The molecule has 51 heavy (non-hydrogen) atoms. The standard InChI is InChI=1S/C22H23BrO.C22H21Br.C2H4O2/c23-21-8-4-2-6-19(21)18-5-1-3-7-20(18)22(24)16-10-14-9-15(12-16)13-17(22)11-14;23-20-7-3-6-19-21(20)17-4-1-2-5-18(17)22(19)15-9-13-8-14(11-15)12-16(22)10-13;1-2(3)4/h1-8,14-17,24H,9-13H2;1-7,13-16H,8-12H2;1H3,(H,3,4). The molecule has 5 heteroatoms. The molecule has 8 bridgehead atoms. The Bertz CT molecular complexity index is 1920. The maximum absolute atomic E-state index is 12.0. The molecule has 8 saturated carbocycles. The minimum absolute atomic E-state index is 0.323. The highest BCUT2D eigenvalue weighted by Gasteiger charge is 2.62. The molecule has 264 valence electrons. The first kappa shape index (κ1) is 34.1. The number of rotatable bonds is 2. The second-order valence-electron chi connectivity index (χ2n) is 17.1. The van der Waals surface area contributed by atoms with Crippen molar-refractivity contribution >= 4 is 37.8 Å². The Morgan fingerprint density at radius 3 is 1.49 bits per heavy atom. The van der Waals surface area contributed by atoms with Crippen molar-refractivity contribution in [2.45, 2.75) is 82.1 Å². The Hall–Kier alpha value is -2.73. The van der Waals surface area contributed by atoms with Gasteiger partial charge in [-0.25, -0.2) is 0 Å². The summed E-state index contributed by atoms with van der Waals surface area (Å²) in [5, 5.41) is 19.4. The van der Waals surface area contributed by atoms with Crippen molar-refractivity contribution < 1.29 is 15.0 Å². The first-order valence-corrected chi connectivity index (χ1v) is 20.9. The maximum Gasteiger partial charge on any atom is 0.300 e. The number of benzene rings is 4. The van der Waals surface area contributed by atoms with Crippen molar-refractivity contribution in [1.29, 1.82) is 0 Å². The topological polar surface area (TPSA) is 57.5 Å². The molecule has 0 aliphatic heterocycles. The zero-order valence-electron chi connectivity index (χ0n) is 29.4. The minimum atomic E-state index is -0.833. The summed E-state index contributed by atoms with van der Waals surface area (Å²) in [6.45, 7) is 1.08. The molecule has 0 heterocycles. The van der Waals surface area contributed by atoms with Crippen LogP contribution >= 0.6 is 31.9 Å². The number of halogens is 2. The van der Waals surface area contributed by atoms with Gasteiger partial charge in [-0.3, -0.25) is 4.79 Å². The second-order valence-corrected chi connectivity index (χ2v) is 18.8. The van der Waals surface area contributed by atoms with Gasteiger partial charge in [0.25, 0.3) is 5.97 Å². The van der Waals surface area contributed by atoms with E-state index in [1.165, 1.54) is 90.9 Å². The normalized spacial score (nSPS) is 35.4. The van der Waals surface area contributed by atoms with Gasteiger partial charge < -0.3 is 10.2 Å². The number of aliphatic carboxylic acids is 1. The molecule has 1 spiro atoms. The van der Waals surface area contributed by atoms with Crippen LogP contribution in [0, 0.1) is 47.3 Å². The van der Waals surface area contributed by atoms with E-state index in [-0.39, 0.29) is 0 Å². The van der Waals surface area contributed by atoms with Gasteiger partial charge >= 0.3 is 0 Å². The van der Waals surface area contributed by atoms with E-state index < -0.39 is 11.6 Å².